The van der Waals surface area contributed by atoms with Crippen molar-refractivity contribution in [1.82, 2.24) is 0 Å². The van der Waals surface area contributed by atoms with E-state index in [2.05, 4.69) is 13.5 Å². The van der Waals surface area contributed by atoms with Crippen LogP contribution in [0.3, 0.4) is 0 Å². The van der Waals surface area contributed by atoms with Crippen molar-refractivity contribution in [2.24, 2.45) is 11.8 Å². The number of unbranched alkanes of at least 4 members (excludes halogenated alkanes) is 8. The van der Waals surface area contributed by atoms with E-state index in [9.17, 15) is 0 Å². The van der Waals surface area contributed by atoms with Gasteiger partial charge in [-0.25, -0.2) is 0 Å². The van der Waals surface area contributed by atoms with E-state index in [4.69, 9.17) is 10.2 Å². The van der Waals surface area contributed by atoms with Crippen LogP contribution in [-0.4, -0.2) is 10.2 Å². The summed E-state index contributed by atoms with van der Waals surface area (Å²) >= 11 is 0. The summed E-state index contributed by atoms with van der Waals surface area (Å²) in [5.41, 5.74) is 0. The Labute approximate surface area is 157 Å². The van der Waals surface area contributed by atoms with E-state index in [0.717, 1.165) is 24.5 Å². The van der Waals surface area contributed by atoms with Gasteiger partial charge in [0.1, 0.15) is 0 Å². The summed E-state index contributed by atoms with van der Waals surface area (Å²) in [6.07, 6.45) is 23.8. The minimum Gasteiger partial charge on any atom is -0.516 e. The summed E-state index contributed by atoms with van der Waals surface area (Å²) in [6.45, 7) is 6.98. The molecule has 1 saturated carbocycles. The molecule has 2 N–H and O–H groups in total. The Hall–Kier alpha value is -0.920. The molecule has 0 spiro atoms. The summed E-state index contributed by atoms with van der Waals surface area (Å²) in [7, 11) is 0. The highest BCUT2D eigenvalue weighted by atomic mass is 16.3. The third-order valence-corrected chi connectivity index (χ3v) is 5.46. The van der Waals surface area contributed by atoms with Crippen molar-refractivity contribution < 1.29 is 10.2 Å². The standard InChI is InChI=1S/C21H40O.C2H4O/c1-3-4-5-6-7-11-15-20-17-13-18-21(20)16-12-9-8-10-14-19(2)22;1-2-3/h14,20-22H,3-13,15-18H2,1-2H3;2-3H,1H2/t20-,21-;/m0./s1. The van der Waals surface area contributed by atoms with Crippen molar-refractivity contribution in [2.45, 2.75) is 110 Å². The number of aliphatic hydroxyl groups is 2. The molecule has 1 aliphatic rings. The lowest BCUT2D eigenvalue weighted by Gasteiger charge is -2.19. The van der Waals surface area contributed by atoms with E-state index in [1.54, 1.807) is 6.92 Å². The minimum atomic E-state index is 0.481. The molecule has 2 nitrogen and oxygen atoms in total. The van der Waals surface area contributed by atoms with Crippen LogP contribution in [0.25, 0.3) is 0 Å². The van der Waals surface area contributed by atoms with Gasteiger partial charge in [0.05, 0.1) is 12.0 Å². The van der Waals surface area contributed by atoms with Gasteiger partial charge in [0.2, 0.25) is 0 Å². The molecule has 0 aromatic carbocycles. The zero-order valence-corrected chi connectivity index (χ0v) is 17.0. The molecule has 0 radical (unpaired) electrons. The van der Waals surface area contributed by atoms with Gasteiger partial charge in [-0.3, -0.25) is 0 Å². The maximum atomic E-state index is 9.13. The average Bonchev–Trinajstić information content (AvgIpc) is 3.02. The molecule has 0 aromatic heterocycles. The Balaban J connectivity index is 0.00000178. The fourth-order valence-corrected chi connectivity index (χ4v) is 4.10. The molecule has 2 atom stereocenters. The second-order valence-electron chi connectivity index (χ2n) is 7.67. The predicted octanol–water partition coefficient (Wildman–Crippen LogP) is 8.25. The molecule has 0 unspecified atom stereocenters. The van der Waals surface area contributed by atoms with Crippen molar-refractivity contribution in [2.75, 3.05) is 0 Å². The van der Waals surface area contributed by atoms with Gasteiger partial charge >= 0.3 is 0 Å². The van der Waals surface area contributed by atoms with Gasteiger partial charge in [-0.05, 0) is 37.7 Å². The maximum Gasteiger partial charge on any atom is 0.0851 e. The van der Waals surface area contributed by atoms with Crippen LogP contribution in [0.4, 0.5) is 0 Å². The molecule has 25 heavy (non-hydrogen) atoms. The smallest absolute Gasteiger partial charge is 0.0851 e. The number of aliphatic hydroxyl groups excluding tert-OH is 2. The monoisotopic (exact) mass is 352 g/mol. The third-order valence-electron chi connectivity index (χ3n) is 5.46. The van der Waals surface area contributed by atoms with Crippen LogP contribution in [-0.2, 0) is 0 Å². The molecule has 0 aromatic rings. The van der Waals surface area contributed by atoms with E-state index in [-0.39, 0.29) is 0 Å². The highest BCUT2D eigenvalue weighted by Crippen LogP contribution is 2.38. The summed E-state index contributed by atoms with van der Waals surface area (Å²) in [4.78, 5) is 0. The van der Waals surface area contributed by atoms with E-state index in [0.29, 0.717) is 5.76 Å². The molecule has 0 bridgehead atoms. The van der Waals surface area contributed by atoms with Crippen LogP contribution in [0.1, 0.15) is 110 Å². The lowest BCUT2D eigenvalue weighted by molar-refractivity contribution is 0.322. The van der Waals surface area contributed by atoms with E-state index in [1.807, 2.05) is 6.08 Å². The maximum absolute atomic E-state index is 9.13. The molecule has 2 heteroatoms. The first kappa shape index (κ1) is 24.1. The molecular formula is C23H44O2. The van der Waals surface area contributed by atoms with Crippen LogP contribution in [0, 0.1) is 11.8 Å². The number of rotatable bonds is 13. The molecule has 0 amide bonds. The average molecular weight is 353 g/mol. The molecule has 1 aliphatic carbocycles. The summed E-state index contributed by atoms with van der Waals surface area (Å²) < 4.78 is 0. The van der Waals surface area contributed by atoms with Crippen LogP contribution in [0.5, 0.6) is 0 Å². The lowest BCUT2D eigenvalue weighted by Crippen LogP contribution is -2.08. The normalized spacial score (nSPS) is 20.2. The Kier molecular flexibility index (Phi) is 17.2. The predicted molar refractivity (Wildman–Crippen MR) is 111 cm³/mol. The van der Waals surface area contributed by atoms with Crippen molar-refractivity contribution in [3.8, 4) is 0 Å². The van der Waals surface area contributed by atoms with Crippen LogP contribution in [0.15, 0.2) is 24.7 Å². The molecular weight excluding hydrogens is 308 g/mol. The van der Waals surface area contributed by atoms with Crippen molar-refractivity contribution in [1.29, 1.82) is 0 Å². The third kappa shape index (κ3) is 15.1. The summed E-state index contributed by atoms with van der Waals surface area (Å²) in [5.74, 6) is 2.56. The first-order valence-corrected chi connectivity index (χ1v) is 10.8. The van der Waals surface area contributed by atoms with Crippen molar-refractivity contribution >= 4 is 0 Å². The highest BCUT2D eigenvalue weighted by molar-refractivity contribution is 4.85. The molecule has 1 rings (SSSR count). The number of allylic oxidation sites excluding steroid dienone is 2. The Morgan fingerprint density at radius 2 is 1.40 bits per heavy atom. The number of hydrogen-bond acceptors (Lipinski definition) is 2. The zero-order chi connectivity index (χ0) is 18.8. The molecule has 0 saturated heterocycles. The van der Waals surface area contributed by atoms with E-state index < -0.39 is 0 Å². The zero-order valence-electron chi connectivity index (χ0n) is 17.0. The minimum absolute atomic E-state index is 0.481. The molecule has 0 heterocycles. The van der Waals surface area contributed by atoms with Crippen LogP contribution >= 0.6 is 0 Å². The van der Waals surface area contributed by atoms with Crippen molar-refractivity contribution in [3.05, 3.63) is 24.7 Å². The lowest BCUT2D eigenvalue weighted by atomic mass is 9.87. The Morgan fingerprint density at radius 1 is 0.920 bits per heavy atom. The first-order chi connectivity index (χ1) is 12.2. The molecule has 0 aliphatic heterocycles. The number of hydrogen-bond donors (Lipinski definition) is 2. The van der Waals surface area contributed by atoms with Gasteiger partial charge < -0.3 is 10.2 Å². The SMILES string of the molecule is C=CO.CCCCCCCC[C@H]1CCC[C@@H]1CCCCCC=C(C)O. The van der Waals surface area contributed by atoms with E-state index in [1.165, 1.54) is 89.9 Å². The van der Waals surface area contributed by atoms with Gasteiger partial charge in [0.15, 0.2) is 0 Å². The second-order valence-corrected chi connectivity index (χ2v) is 7.67. The topological polar surface area (TPSA) is 40.5 Å². The highest BCUT2D eigenvalue weighted by Gasteiger charge is 2.25. The van der Waals surface area contributed by atoms with Gasteiger partial charge in [-0.15, -0.1) is 0 Å². The van der Waals surface area contributed by atoms with Crippen LogP contribution < -0.4 is 0 Å². The van der Waals surface area contributed by atoms with Gasteiger partial charge in [0, 0.05) is 0 Å². The fourth-order valence-electron chi connectivity index (χ4n) is 4.10. The first-order valence-electron chi connectivity index (χ1n) is 10.8. The second kappa shape index (κ2) is 17.9. The van der Waals surface area contributed by atoms with Gasteiger partial charge in [-0.1, -0.05) is 97.0 Å². The fraction of sp³-hybridized carbons (Fsp3) is 0.826. The van der Waals surface area contributed by atoms with E-state index >= 15 is 0 Å². The quantitative estimate of drug-likeness (QED) is 0.259. The molecule has 148 valence electrons. The largest absolute Gasteiger partial charge is 0.516 e. The van der Waals surface area contributed by atoms with Crippen molar-refractivity contribution in [3.63, 3.8) is 0 Å². The summed E-state index contributed by atoms with van der Waals surface area (Å²) in [5, 5.41) is 16.5. The van der Waals surface area contributed by atoms with Crippen LogP contribution in [0.2, 0.25) is 0 Å². The Morgan fingerprint density at radius 3 is 1.92 bits per heavy atom. The summed E-state index contributed by atoms with van der Waals surface area (Å²) in [6, 6.07) is 0. The van der Waals surface area contributed by atoms with Gasteiger partial charge in [0.25, 0.3) is 0 Å². The molecule has 1 fully saturated rings. The Bertz CT molecular complexity index is 318. The van der Waals surface area contributed by atoms with Gasteiger partial charge in [-0.2, -0.15) is 0 Å².